The summed E-state index contributed by atoms with van der Waals surface area (Å²) >= 11 is 0. The number of likely N-dealkylation sites (N-methyl/N-ethyl adjacent to an activating group) is 2. The number of carbonyl (C=O) groups excluding carboxylic acids is 5. The minimum absolute atomic E-state index is 0.0115. The molecule has 0 bridgehead atoms. The monoisotopic (exact) mass is 920 g/mol. The van der Waals surface area contributed by atoms with Gasteiger partial charge in [0, 0.05) is 58.0 Å². The number of amides is 5. The maximum Gasteiger partial charge on any atom is 0.245 e. The molecule has 370 valence electrons. The summed E-state index contributed by atoms with van der Waals surface area (Å²) in [5, 5.41) is 12.7. The summed E-state index contributed by atoms with van der Waals surface area (Å²) in [5.41, 5.74) is 2.89. The number of rotatable bonds is 25. The second-order valence-electron chi connectivity index (χ2n) is 20.4. The van der Waals surface area contributed by atoms with Crippen LogP contribution in [0.15, 0.2) is 54.6 Å². The third-order valence-electron chi connectivity index (χ3n) is 13.0. The molecule has 0 aromatic heterocycles. The highest BCUT2D eigenvalue weighted by molar-refractivity contribution is 5.90. The first-order valence-corrected chi connectivity index (χ1v) is 24.1. The number of nitrogens with zero attached hydrogens (tertiary/aromatic N) is 3. The molecule has 0 spiro atoms. The zero-order valence-electron chi connectivity index (χ0n) is 42.9. The quantitative estimate of drug-likeness (QED) is 0.0900. The van der Waals surface area contributed by atoms with E-state index in [1.165, 1.54) is 0 Å². The van der Waals surface area contributed by atoms with Gasteiger partial charge in [-0.2, -0.15) is 0 Å². The Morgan fingerprint density at radius 1 is 0.803 bits per heavy atom. The molecule has 0 aliphatic carbocycles. The molecule has 1 aliphatic heterocycles. The number of benzene rings is 2. The summed E-state index contributed by atoms with van der Waals surface area (Å²) < 4.78 is 12.2. The van der Waals surface area contributed by atoms with E-state index in [2.05, 4.69) is 42.0 Å². The van der Waals surface area contributed by atoms with Crippen LogP contribution in [0.5, 0.6) is 0 Å². The van der Waals surface area contributed by atoms with E-state index in [-0.39, 0.29) is 71.7 Å². The van der Waals surface area contributed by atoms with Gasteiger partial charge in [-0.15, -0.1) is 0 Å². The molecule has 2 aromatic carbocycles. The Hall–Kier alpha value is -4.53. The van der Waals surface area contributed by atoms with Gasteiger partial charge < -0.3 is 40.5 Å². The highest BCUT2D eigenvalue weighted by atomic mass is 16.5. The molecule has 1 fully saturated rings. The van der Waals surface area contributed by atoms with Crippen molar-refractivity contribution < 1.29 is 33.4 Å². The Morgan fingerprint density at radius 3 is 1.97 bits per heavy atom. The van der Waals surface area contributed by atoms with E-state index >= 15 is 0 Å². The summed E-state index contributed by atoms with van der Waals surface area (Å²) in [7, 11) is 8.59. The molecule has 1 aliphatic rings. The number of methoxy groups -OCH3 is 2. The lowest BCUT2D eigenvalue weighted by molar-refractivity contribution is -0.148. The maximum absolute atomic E-state index is 14.5. The number of hydrogen-bond donors (Lipinski definition) is 4. The second-order valence-corrected chi connectivity index (χ2v) is 20.4. The van der Waals surface area contributed by atoms with Crippen molar-refractivity contribution >= 4 is 35.2 Å². The molecule has 9 atom stereocenters. The largest absolute Gasteiger partial charge is 0.380 e. The highest BCUT2D eigenvalue weighted by Crippen LogP contribution is 2.30. The zero-order chi connectivity index (χ0) is 49.5. The van der Waals surface area contributed by atoms with Crippen LogP contribution in [-0.4, -0.2) is 134 Å². The zero-order valence-corrected chi connectivity index (χ0v) is 42.9. The van der Waals surface area contributed by atoms with E-state index in [0.29, 0.717) is 25.9 Å². The summed E-state index contributed by atoms with van der Waals surface area (Å²) in [6.45, 7) is 20.9. The lowest BCUT2D eigenvalue weighted by Crippen LogP contribution is -2.59. The Morgan fingerprint density at radius 2 is 1.44 bits per heavy atom. The number of carbonyl (C=O) groups is 5. The van der Waals surface area contributed by atoms with Crippen LogP contribution in [0.4, 0.5) is 5.69 Å². The molecule has 3 rings (SSSR count). The van der Waals surface area contributed by atoms with Gasteiger partial charge in [-0.25, -0.2) is 0 Å². The van der Waals surface area contributed by atoms with E-state index in [1.807, 2.05) is 127 Å². The first kappa shape index (κ1) is 55.8. The minimum atomic E-state index is -0.775. The van der Waals surface area contributed by atoms with E-state index in [9.17, 15) is 24.0 Å². The number of ether oxygens (including phenoxy) is 2. The Bertz CT molecular complexity index is 1830. The maximum atomic E-state index is 14.5. The van der Waals surface area contributed by atoms with Crippen LogP contribution < -0.4 is 21.3 Å². The van der Waals surface area contributed by atoms with Gasteiger partial charge in [-0.3, -0.25) is 28.9 Å². The number of nitrogens with one attached hydrogen (secondary N) is 4. The molecule has 5 amide bonds. The van der Waals surface area contributed by atoms with Gasteiger partial charge in [0.1, 0.15) is 6.04 Å². The average molecular weight is 920 g/mol. The SMILES string of the molecule is CC[C@H](C)[C@@H]([C@@H](CC(=O)N1CCC[C@H]1[C@H](OC)[C@@H](C)C(=O)N[C@@H](CC(=O)NCc1ccc(NC(C)(C)C)cc1)Cc1ccccc1)OC)N(C)C(=O)[C@@H](NC(=O)[C@H](C(C)C)N(C)C)C(C)C. The topological polar surface area (TPSA) is 162 Å². The molecule has 1 heterocycles. The molecular weight excluding hydrogens is 835 g/mol. The van der Waals surface area contributed by atoms with Gasteiger partial charge in [0.05, 0.1) is 42.7 Å². The van der Waals surface area contributed by atoms with Crippen molar-refractivity contribution in [1.82, 2.24) is 30.7 Å². The van der Waals surface area contributed by atoms with Crippen molar-refractivity contribution in [3.05, 3.63) is 65.7 Å². The molecule has 0 saturated carbocycles. The van der Waals surface area contributed by atoms with Crippen LogP contribution in [-0.2, 0) is 46.4 Å². The van der Waals surface area contributed by atoms with Crippen LogP contribution >= 0.6 is 0 Å². The summed E-state index contributed by atoms with van der Waals surface area (Å²) in [4.78, 5) is 75.3. The number of hydrogen-bond acceptors (Lipinski definition) is 9. The van der Waals surface area contributed by atoms with Crippen molar-refractivity contribution in [1.29, 1.82) is 0 Å². The van der Waals surface area contributed by atoms with Crippen molar-refractivity contribution in [3.63, 3.8) is 0 Å². The lowest BCUT2D eigenvalue weighted by atomic mass is 9.89. The fourth-order valence-electron chi connectivity index (χ4n) is 9.45. The fraction of sp³-hybridized carbons (Fsp3) is 0.673. The van der Waals surface area contributed by atoms with E-state index in [4.69, 9.17) is 9.47 Å². The Kier molecular flexibility index (Phi) is 22.1. The third-order valence-corrected chi connectivity index (χ3v) is 13.0. The van der Waals surface area contributed by atoms with Crippen LogP contribution in [0.25, 0.3) is 0 Å². The van der Waals surface area contributed by atoms with Gasteiger partial charge in [-0.05, 0) is 95.1 Å². The fourth-order valence-corrected chi connectivity index (χ4v) is 9.45. The number of likely N-dealkylation sites (tertiary alicyclic amines) is 1. The van der Waals surface area contributed by atoms with Gasteiger partial charge in [0.15, 0.2) is 0 Å². The van der Waals surface area contributed by atoms with Gasteiger partial charge in [0.25, 0.3) is 0 Å². The van der Waals surface area contributed by atoms with Gasteiger partial charge in [-0.1, -0.05) is 97.4 Å². The summed E-state index contributed by atoms with van der Waals surface area (Å²) in [6, 6.07) is 15.2. The standard InChI is InChI=1S/C52H85N7O7/c1-16-35(6)47(58(13)51(64)45(33(2)3)55-50(63)46(34(4)5)57(11)12)42(65-14)31-44(61)59-28-20-23-41(59)48(66-15)36(7)49(62)54-40(29-37-21-18-17-19-22-37)30-43(60)53-32-38-24-26-39(27-25-38)56-52(8,9)10/h17-19,21-22,24-27,33-36,40-42,45-48,56H,16,20,23,28-32H2,1-15H3,(H,53,60)(H,54,62)(H,55,63)/t35-,36+,40+,41-,42+,45-,46-,47-,48+/m0/s1. The lowest BCUT2D eigenvalue weighted by Gasteiger charge is -2.41. The Labute approximate surface area is 397 Å². The molecular formula is C52H85N7O7. The minimum Gasteiger partial charge on any atom is -0.380 e. The van der Waals surface area contributed by atoms with Crippen LogP contribution in [0.2, 0.25) is 0 Å². The van der Waals surface area contributed by atoms with Crippen LogP contribution in [0, 0.1) is 23.7 Å². The van der Waals surface area contributed by atoms with E-state index in [0.717, 1.165) is 29.7 Å². The van der Waals surface area contributed by atoms with E-state index in [1.54, 1.807) is 26.2 Å². The van der Waals surface area contributed by atoms with Crippen LogP contribution in [0.1, 0.15) is 112 Å². The molecule has 14 nitrogen and oxygen atoms in total. The van der Waals surface area contributed by atoms with Gasteiger partial charge in [0.2, 0.25) is 29.5 Å². The molecule has 0 unspecified atom stereocenters. The van der Waals surface area contributed by atoms with Gasteiger partial charge >= 0.3 is 0 Å². The summed E-state index contributed by atoms with van der Waals surface area (Å²) in [5.74, 6) is -1.88. The first-order chi connectivity index (χ1) is 31.0. The average Bonchev–Trinajstić information content (AvgIpc) is 3.74. The summed E-state index contributed by atoms with van der Waals surface area (Å²) in [6.07, 6.45) is 1.39. The molecule has 14 heteroatoms. The van der Waals surface area contributed by atoms with Crippen molar-refractivity contribution in [2.24, 2.45) is 23.7 Å². The smallest absolute Gasteiger partial charge is 0.245 e. The molecule has 1 saturated heterocycles. The highest BCUT2D eigenvalue weighted by Gasteiger charge is 2.43. The third kappa shape index (κ3) is 16.4. The predicted octanol–water partition coefficient (Wildman–Crippen LogP) is 6.28. The van der Waals surface area contributed by atoms with Crippen molar-refractivity contribution in [2.75, 3.05) is 47.2 Å². The first-order valence-electron chi connectivity index (χ1n) is 24.1. The predicted molar refractivity (Wildman–Crippen MR) is 264 cm³/mol. The van der Waals surface area contributed by atoms with Crippen molar-refractivity contribution in [2.45, 2.75) is 162 Å². The molecule has 0 radical (unpaired) electrons. The molecule has 2 aromatic rings. The van der Waals surface area contributed by atoms with E-state index < -0.39 is 42.3 Å². The Balaban J connectivity index is 1.76. The van der Waals surface area contributed by atoms with Crippen molar-refractivity contribution in [3.8, 4) is 0 Å². The molecule has 66 heavy (non-hydrogen) atoms. The molecule has 4 N–H and O–H groups in total. The normalized spacial score (nSPS) is 17.9. The second kappa shape index (κ2) is 26.1. The van der Waals surface area contributed by atoms with Crippen LogP contribution in [0.3, 0.4) is 0 Å². The number of anilines is 1.